The summed E-state index contributed by atoms with van der Waals surface area (Å²) < 4.78 is 13.6. The van der Waals surface area contributed by atoms with Gasteiger partial charge in [-0.15, -0.1) is 0 Å². The summed E-state index contributed by atoms with van der Waals surface area (Å²) in [4.78, 5) is 25.4. The normalized spacial score (nSPS) is 14.3. The van der Waals surface area contributed by atoms with Gasteiger partial charge in [0, 0.05) is 29.8 Å². The molecular formula is C19H16ClFN2O2. The summed E-state index contributed by atoms with van der Waals surface area (Å²) in [6.45, 7) is 0.739. The molecule has 0 unspecified atom stereocenters. The third-order valence-electron chi connectivity index (χ3n) is 3.89. The maximum Gasteiger partial charge on any atom is 0.248 e. The highest BCUT2D eigenvalue weighted by Gasteiger charge is 2.21. The van der Waals surface area contributed by atoms with Crippen molar-refractivity contribution in [2.45, 2.75) is 12.8 Å². The van der Waals surface area contributed by atoms with E-state index in [1.165, 1.54) is 18.2 Å². The number of carbonyl (C=O) groups is 2. The topological polar surface area (TPSA) is 49.4 Å². The summed E-state index contributed by atoms with van der Waals surface area (Å²) in [5, 5.41) is 2.72. The van der Waals surface area contributed by atoms with Gasteiger partial charge in [0.2, 0.25) is 11.8 Å². The fourth-order valence-electron chi connectivity index (χ4n) is 2.62. The Labute approximate surface area is 149 Å². The van der Waals surface area contributed by atoms with Crippen molar-refractivity contribution in [1.82, 2.24) is 0 Å². The highest BCUT2D eigenvalue weighted by Crippen LogP contribution is 2.22. The number of rotatable bonds is 4. The lowest BCUT2D eigenvalue weighted by Crippen LogP contribution is -2.23. The lowest BCUT2D eigenvalue weighted by Gasteiger charge is -2.15. The van der Waals surface area contributed by atoms with Crippen LogP contribution < -0.4 is 10.2 Å². The molecule has 1 saturated heterocycles. The van der Waals surface area contributed by atoms with Crippen molar-refractivity contribution >= 4 is 40.9 Å². The number of hydrogen-bond acceptors (Lipinski definition) is 2. The average molecular weight is 359 g/mol. The van der Waals surface area contributed by atoms with Crippen LogP contribution in [0.1, 0.15) is 18.4 Å². The zero-order valence-corrected chi connectivity index (χ0v) is 14.1. The molecule has 3 rings (SSSR count). The largest absolute Gasteiger partial charge is 0.320 e. The number of anilines is 2. The molecule has 1 fully saturated rings. The SMILES string of the molecule is O=C(/C=C/c1ccc(N2CCCC2=O)cc1)Nc1ccc(Cl)cc1F. The minimum atomic E-state index is -0.589. The van der Waals surface area contributed by atoms with Gasteiger partial charge in [-0.05, 0) is 48.4 Å². The smallest absolute Gasteiger partial charge is 0.248 e. The fraction of sp³-hybridized carbons (Fsp3) is 0.158. The van der Waals surface area contributed by atoms with E-state index in [2.05, 4.69) is 5.32 Å². The van der Waals surface area contributed by atoms with Crippen LogP contribution in [0.4, 0.5) is 15.8 Å². The maximum absolute atomic E-state index is 13.6. The first-order valence-corrected chi connectivity index (χ1v) is 8.25. The monoisotopic (exact) mass is 358 g/mol. The number of carbonyl (C=O) groups excluding carboxylic acids is 2. The van der Waals surface area contributed by atoms with Crippen LogP contribution >= 0.6 is 11.6 Å². The van der Waals surface area contributed by atoms with Crippen molar-refractivity contribution in [3.05, 3.63) is 64.9 Å². The molecule has 0 radical (unpaired) electrons. The quantitative estimate of drug-likeness (QED) is 0.830. The Balaban J connectivity index is 1.63. The Morgan fingerprint density at radius 2 is 1.96 bits per heavy atom. The van der Waals surface area contributed by atoms with Gasteiger partial charge >= 0.3 is 0 Å². The predicted molar refractivity (Wildman–Crippen MR) is 97.1 cm³/mol. The number of hydrogen-bond donors (Lipinski definition) is 1. The Hall–Kier alpha value is -2.66. The first-order chi connectivity index (χ1) is 12.0. The van der Waals surface area contributed by atoms with E-state index in [0.717, 1.165) is 30.3 Å². The number of nitrogens with zero attached hydrogens (tertiary/aromatic N) is 1. The summed E-state index contributed by atoms with van der Waals surface area (Å²) in [6.07, 6.45) is 4.41. The molecular weight excluding hydrogens is 343 g/mol. The zero-order valence-electron chi connectivity index (χ0n) is 13.3. The van der Waals surface area contributed by atoms with Crippen molar-refractivity contribution < 1.29 is 14.0 Å². The lowest BCUT2D eigenvalue weighted by molar-refractivity contribution is -0.117. The molecule has 0 aliphatic carbocycles. The van der Waals surface area contributed by atoms with Gasteiger partial charge in [-0.3, -0.25) is 9.59 Å². The molecule has 1 N–H and O–H groups in total. The van der Waals surface area contributed by atoms with Crippen LogP contribution in [0.2, 0.25) is 5.02 Å². The van der Waals surface area contributed by atoms with E-state index >= 15 is 0 Å². The molecule has 4 nitrogen and oxygen atoms in total. The van der Waals surface area contributed by atoms with Crippen LogP contribution in [0, 0.1) is 5.82 Å². The molecule has 2 amide bonds. The van der Waals surface area contributed by atoms with Gasteiger partial charge in [-0.1, -0.05) is 23.7 Å². The first-order valence-electron chi connectivity index (χ1n) is 7.87. The van der Waals surface area contributed by atoms with Crippen LogP contribution in [-0.4, -0.2) is 18.4 Å². The standard InChI is InChI=1S/C19H16ClFN2O2/c20-14-6-9-17(16(21)12-14)22-18(24)10-5-13-3-7-15(8-4-13)23-11-1-2-19(23)25/h3-10,12H,1-2,11H2,(H,22,24)/b10-5+. The van der Waals surface area contributed by atoms with Gasteiger partial charge in [0.15, 0.2) is 0 Å². The molecule has 0 bridgehead atoms. The molecule has 0 aromatic heterocycles. The average Bonchev–Trinajstić information content (AvgIpc) is 3.02. The summed E-state index contributed by atoms with van der Waals surface area (Å²) >= 11 is 5.67. The minimum Gasteiger partial charge on any atom is -0.320 e. The number of nitrogens with one attached hydrogen (secondary N) is 1. The fourth-order valence-corrected chi connectivity index (χ4v) is 2.78. The minimum absolute atomic E-state index is 0.0712. The summed E-state index contributed by atoms with van der Waals surface area (Å²) in [5.41, 5.74) is 1.73. The molecule has 128 valence electrons. The van der Waals surface area contributed by atoms with Crippen molar-refractivity contribution in [2.75, 3.05) is 16.8 Å². The molecule has 6 heteroatoms. The van der Waals surface area contributed by atoms with Gasteiger partial charge < -0.3 is 10.2 Å². The van der Waals surface area contributed by atoms with E-state index in [1.54, 1.807) is 11.0 Å². The number of amides is 2. The van der Waals surface area contributed by atoms with E-state index in [0.29, 0.717) is 6.42 Å². The summed E-state index contributed by atoms with van der Waals surface area (Å²) in [7, 11) is 0. The summed E-state index contributed by atoms with van der Waals surface area (Å²) in [5.74, 6) is -0.901. The Kier molecular flexibility index (Phi) is 5.14. The Morgan fingerprint density at radius 1 is 1.20 bits per heavy atom. The maximum atomic E-state index is 13.6. The third kappa shape index (κ3) is 4.25. The van der Waals surface area contributed by atoms with Crippen molar-refractivity contribution in [1.29, 1.82) is 0 Å². The second-order valence-electron chi connectivity index (χ2n) is 5.69. The van der Waals surface area contributed by atoms with Crippen LogP contribution in [0.3, 0.4) is 0 Å². The third-order valence-corrected chi connectivity index (χ3v) is 4.13. The van der Waals surface area contributed by atoms with Crippen LogP contribution in [-0.2, 0) is 9.59 Å². The van der Waals surface area contributed by atoms with Crippen LogP contribution in [0.25, 0.3) is 6.08 Å². The van der Waals surface area contributed by atoms with E-state index in [1.807, 2.05) is 24.3 Å². The predicted octanol–water partition coefficient (Wildman–Crippen LogP) is 4.26. The highest BCUT2D eigenvalue weighted by atomic mass is 35.5. The second kappa shape index (κ2) is 7.49. The lowest BCUT2D eigenvalue weighted by atomic mass is 10.2. The number of benzene rings is 2. The van der Waals surface area contributed by atoms with Crippen molar-refractivity contribution in [2.24, 2.45) is 0 Å². The van der Waals surface area contributed by atoms with Gasteiger partial charge in [0.25, 0.3) is 0 Å². The van der Waals surface area contributed by atoms with Gasteiger partial charge in [0.1, 0.15) is 5.82 Å². The second-order valence-corrected chi connectivity index (χ2v) is 6.12. The molecule has 0 saturated carbocycles. The first kappa shape index (κ1) is 17.2. The molecule has 0 atom stereocenters. The van der Waals surface area contributed by atoms with E-state index in [4.69, 9.17) is 11.6 Å². The molecule has 1 aliphatic heterocycles. The molecule has 2 aromatic carbocycles. The molecule has 1 aliphatic rings. The Bertz CT molecular complexity index is 834. The van der Waals surface area contributed by atoms with Crippen molar-refractivity contribution in [3.8, 4) is 0 Å². The number of halogens is 2. The van der Waals surface area contributed by atoms with Gasteiger partial charge in [-0.2, -0.15) is 0 Å². The summed E-state index contributed by atoms with van der Waals surface area (Å²) in [6, 6.07) is 11.4. The van der Waals surface area contributed by atoms with Crippen LogP contribution in [0.15, 0.2) is 48.5 Å². The van der Waals surface area contributed by atoms with E-state index in [9.17, 15) is 14.0 Å². The molecule has 0 spiro atoms. The zero-order chi connectivity index (χ0) is 17.8. The van der Waals surface area contributed by atoms with Crippen molar-refractivity contribution in [3.63, 3.8) is 0 Å². The van der Waals surface area contributed by atoms with Crippen LogP contribution in [0.5, 0.6) is 0 Å². The Morgan fingerprint density at radius 3 is 2.60 bits per heavy atom. The highest BCUT2D eigenvalue weighted by molar-refractivity contribution is 6.30. The van der Waals surface area contributed by atoms with E-state index < -0.39 is 11.7 Å². The van der Waals surface area contributed by atoms with E-state index in [-0.39, 0.29) is 16.6 Å². The molecule has 25 heavy (non-hydrogen) atoms. The molecule has 1 heterocycles. The van der Waals surface area contributed by atoms with Gasteiger partial charge in [-0.25, -0.2) is 4.39 Å². The molecule has 2 aromatic rings. The van der Waals surface area contributed by atoms with Gasteiger partial charge in [0.05, 0.1) is 5.69 Å².